The smallest absolute Gasteiger partial charge is 0.269 e. The van der Waals surface area contributed by atoms with E-state index in [0.717, 1.165) is 13.0 Å². The fourth-order valence-electron chi connectivity index (χ4n) is 3.00. The molecule has 1 aromatic carbocycles. The molecule has 0 saturated carbocycles. The summed E-state index contributed by atoms with van der Waals surface area (Å²) in [7, 11) is 1.70. The number of amides is 1. The standard InChI is InChI=1S/C17H19N3O3S/c1-12-15-8-10-24-16(15)7-9-19(12)11-17(21)18(2)13-3-5-14(6-4-13)20(22)23/h3-6,8,10,12H,7,9,11H2,1-2H3/t12-/m0/s1. The van der Waals surface area contributed by atoms with Gasteiger partial charge in [0.25, 0.3) is 5.69 Å². The van der Waals surface area contributed by atoms with Crippen LogP contribution in [0, 0.1) is 10.1 Å². The highest BCUT2D eigenvalue weighted by molar-refractivity contribution is 7.10. The minimum Gasteiger partial charge on any atom is -0.314 e. The molecule has 2 aromatic rings. The molecule has 3 rings (SSSR count). The zero-order valence-corrected chi connectivity index (χ0v) is 14.5. The Bertz CT molecular complexity index is 757. The van der Waals surface area contributed by atoms with Crippen LogP contribution in [0.2, 0.25) is 0 Å². The zero-order valence-electron chi connectivity index (χ0n) is 13.6. The lowest BCUT2D eigenvalue weighted by molar-refractivity contribution is -0.384. The molecule has 2 heterocycles. The number of rotatable bonds is 4. The molecule has 24 heavy (non-hydrogen) atoms. The van der Waals surface area contributed by atoms with Crippen LogP contribution in [-0.4, -0.2) is 35.9 Å². The maximum atomic E-state index is 12.6. The number of benzene rings is 1. The van der Waals surface area contributed by atoms with E-state index < -0.39 is 4.92 Å². The number of nitro groups is 1. The molecular weight excluding hydrogens is 326 g/mol. The van der Waals surface area contributed by atoms with Crippen LogP contribution in [0.15, 0.2) is 35.7 Å². The van der Waals surface area contributed by atoms with E-state index in [4.69, 9.17) is 0 Å². The van der Waals surface area contributed by atoms with Gasteiger partial charge in [0.1, 0.15) is 0 Å². The van der Waals surface area contributed by atoms with E-state index in [2.05, 4.69) is 23.3 Å². The first-order valence-electron chi connectivity index (χ1n) is 7.78. The van der Waals surface area contributed by atoms with Crippen molar-refractivity contribution in [2.45, 2.75) is 19.4 Å². The summed E-state index contributed by atoms with van der Waals surface area (Å²) in [5.41, 5.74) is 2.00. The van der Waals surface area contributed by atoms with Gasteiger partial charge in [0.05, 0.1) is 11.5 Å². The van der Waals surface area contributed by atoms with Crippen LogP contribution in [-0.2, 0) is 11.2 Å². The number of carbonyl (C=O) groups excluding carboxylic acids is 1. The summed E-state index contributed by atoms with van der Waals surface area (Å²) < 4.78 is 0. The van der Waals surface area contributed by atoms with Gasteiger partial charge in [-0.2, -0.15) is 0 Å². The third-order valence-electron chi connectivity index (χ3n) is 4.56. The summed E-state index contributed by atoms with van der Waals surface area (Å²) in [5, 5.41) is 12.8. The van der Waals surface area contributed by atoms with Crippen molar-refractivity contribution in [3.63, 3.8) is 0 Å². The van der Waals surface area contributed by atoms with Crippen molar-refractivity contribution in [1.82, 2.24) is 4.90 Å². The van der Waals surface area contributed by atoms with Crippen molar-refractivity contribution in [3.8, 4) is 0 Å². The number of non-ortho nitro benzene ring substituents is 1. The van der Waals surface area contributed by atoms with Gasteiger partial charge in [-0.05, 0) is 42.5 Å². The molecule has 0 aliphatic carbocycles. The van der Waals surface area contributed by atoms with Gasteiger partial charge in [-0.25, -0.2) is 0 Å². The summed E-state index contributed by atoms with van der Waals surface area (Å²) >= 11 is 1.78. The van der Waals surface area contributed by atoms with Gasteiger partial charge in [0.15, 0.2) is 0 Å². The molecule has 1 aromatic heterocycles. The second-order valence-electron chi connectivity index (χ2n) is 5.92. The van der Waals surface area contributed by atoms with E-state index in [-0.39, 0.29) is 17.6 Å². The van der Waals surface area contributed by atoms with E-state index in [1.165, 1.54) is 22.6 Å². The normalized spacial score (nSPS) is 17.3. The summed E-state index contributed by atoms with van der Waals surface area (Å²) in [6.45, 7) is 3.34. The van der Waals surface area contributed by atoms with Crippen molar-refractivity contribution >= 4 is 28.6 Å². The minimum atomic E-state index is -0.445. The molecule has 126 valence electrons. The molecule has 1 atom stereocenters. The monoisotopic (exact) mass is 345 g/mol. The molecule has 0 spiro atoms. The lowest BCUT2D eigenvalue weighted by atomic mass is 10.0. The Labute approximate surface area is 144 Å². The van der Waals surface area contributed by atoms with Crippen molar-refractivity contribution in [2.24, 2.45) is 0 Å². The predicted molar refractivity (Wildman–Crippen MR) is 94.5 cm³/mol. The van der Waals surface area contributed by atoms with Gasteiger partial charge in [-0.1, -0.05) is 0 Å². The molecule has 6 nitrogen and oxygen atoms in total. The van der Waals surface area contributed by atoms with Crippen molar-refractivity contribution in [2.75, 3.05) is 25.0 Å². The second kappa shape index (κ2) is 6.70. The number of carbonyl (C=O) groups is 1. The van der Waals surface area contributed by atoms with E-state index in [1.54, 1.807) is 35.4 Å². The average Bonchev–Trinajstić information content (AvgIpc) is 3.06. The van der Waals surface area contributed by atoms with E-state index in [0.29, 0.717) is 12.2 Å². The van der Waals surface area contributed by atoms with Crippen LogP contribution >= 0.6 is 11.3 Å². The maximum Gasteiger partial charge on any atom is 0.269 e. The quantitative estimate of drug-likeness (QED) is 0.630. The van der Waals surface area contributed by atoms with Crippen LogP contribution < -0.4 is 4.90 Å². The Kier molecular flexibility index (Phi) is 4.64. The molecule has 0 saturated heterocycles. The Morgan fingerprint density at radius 2 is 2.08 bits per heavy atom. The largest absolute Gasteiger partial charge is 0.314 e. The third-order valence-corrected chi connectivity index (χ3v) is 5.56. The van der Waals surface area contributed by atoms with E-state index in [1.807, 2.05) is 0 Å². The minimum absolute atomic E-state index is 0.0191. The number of fused-ring (bicyclic) bond motifs is 1. The van der Waals surface area contributed by atoms with Gasteiger partial charge >= 0.3 is 0 Å². The molecule has 7 heteroatoms. The summed E-state index contributed by atoms with van der Waals surface area (Å²) in [4.78, 5) is 28.0. The molecule has 0 N–H and O–H groups in total. The Balaban J connectivity index is 1.67. The van der Waals surface area contributed by atoms with Crippen LogP contribution in [0.3, 0.4) is 0 Å². The molecule has 1 aliphatic rings. The van der Waals surface area contributed by atoms with E-state index in [9.17, 15) is 14.9 Å². The molecule has 0 unspecified atom stereocenters. The number of nitrogens with zero attached hydrogens (tertiary/aromatic N) is 3. The summed E-state index contributed by atoms with van der Waals surface area (Å²) in [5.74, 6) is -0.0191. The Morgan fingerprint density at radius 1 is 1.38 bits per heavy atom. The Hall–Kier alpha value is -2.25. The fraction of sp³-hybridized carbons (Fsp3) is 0.353. The maximum absolute atomic E-state index is 12.6. The number of thiophene rings is 1. The van der Waals surface area contributed by atoms with Gasteiger partial charge in [-0.3, -0.25) is 19.8 Å². The predicted octanol–water partition coefficient (Wildman–Crippen LogP) is 3.24. The van der Waals surface area contributed by atoms with Crippen LogP contribution in [0.5, 0.6) is 0 Å². The molecule has 0 radical (unpaired) electrons. The van der Waals surface area contributed by atoms with Crippen LogP contribution in [0.1, 0.15) is 23.4 Å². The van der Waals surface area contributed by atoms with E-state index >= 15 is 0 Å². The summed E-state index contributed by atoms with van der Waals surface area (Å²) in [6.07, 6.45) is 0.978. The summed E-state index contributed by atoms with van der Waals surface area (Å²) in [6, 6.07) is 8.41. The highest BCUT2D eigenvalue weighted by Gasteiger charge is 2.27. The Morgan fingerprint density at radius 3 is 2.75 bits per heavy atom. The number of nitro benzene ring substituents is 1. The second-order valence-corrected chi connectivity index (χ2v) is 6.92. The number of hydrogen-bond donors (Lipinski definition) is 0. The van der Waals surface area contributed by atoms with Gasteiger partial charge in [-0.15, -0.1) is 11.3 Å². The number of likely N-dealkylation sites (N-methyl/N-ethyl adjacent to an activating group) is 1. The third kappa shape index (κ3) is 3.18. The molecule has 0 bridgehead atoms. The first-order valence-corrected chi connectivity index (χ1v) is 8.66. The molecule has 1 amide bonds. The number of anilines is 1. The van der Waals surface area contributed by atoms with Crippen molar-refractivity contribution in [3.05, 3.63) is 56.3 Å². The number of hydrogen-bond acceptors (Lipinski definition) is 5. The van der Waals surface area contributed by atoms with Crippen molar-refractivity contribution in [1.29, 1.82) is 0 Å². The van der Waals surface area contributed by atoms with Crippen LogP contribution in [0.25, 0.3) is 0 Å². The fourth-order valence-corrected chi connectivity index (χ4v) is 3.96. The highest BCUT2D eigenvalue weighted by atomic mass is 32.1. The lowest BCUT2D eigenvalue weighted by Crippen LogP contribution is -2.42. The highest BCUT2D eigenvalue weighted by Crippen LogP contribution is 2.32. The average molecular weight is 345 g/mol. The molecular formula is C17H19N3O3S. The first-order chi connectivity index (χ1) is 11.5. The lowest BCUT2D eigenvalue weighted by Gasteiger charge is -2.34. The van der Waals surface area contributed by atoms with Gasteiger partial charge in [0.2, 0.25) is 5.91 Å². The SMILES string of the molecule is C[C@H]1c2ccsc2CCN1CC(=O)N(C)c1ccc([N+](=O)[O-])cc1. The topological polar surface area (TPSA) is 66.7 Å². The van der Waals surface area contributed by atoms with Gasteiger partial charge < -0.3 is 4.90 Å². The van der Waals surface area contributed by atoms with Crippen molar-refractivity contribution < 1.29 is 9.72 Å². The van der Waals surface area contributed by atoms with Crippen LogP contribution in [0.4, 0.5) is 11.4 Å². The van der Waals surface area contributed by atoms with Gasteiger partial charge in [0, 0.05) is 42.3 Å². The molecule has 0 fully saturated rings. The molecule has 1 aliphatic heterocycles. The first kappa shape index (κ1) is 16.6. The zero-order chi connectivity index (χ0) is 17.3.